The minimum Gasteiger partial charge on any atom is -0.374 e. The molecule has 14 heavy (non-hydrogen) atoms. The number of aryl methyl sites for hydroxylation is 1. The van der Waals surface area contributed by atoms with Crippen LogP contribution < -0.4 is 5.32 Å². The number of anilines is 1. The second kappa shape index (κ2) is 4.83. The SMILES string of the molecule is C#CCNc1ccc(S(C)=O)cc1C. The Labute approximate surface area is 87.2 Å². The van der Waals surface area contributed by atoms with E-state index < -0.39 is 10.8 Å². The predicted octanol–water partition coefficient (Wildman–Crippen LogP) is 1.78. The Kier molecular flexibility index (Phi) is 3.73. The molecule has 0 saturated carbocycles. The molecule has 1 aromatic carbocycles. The third kappa shape index (κ3) is 2.61. The molecule has 0 radical (unpaired) electrons. The van der Waals surface area contributed by atoms with Crippen molar-refractivity contribution < 1.29 is 4.21 Å². The first-order chi connectivity index (χ1) is 6.65. The molecule has 0 bridgehead atoms. The minimum absolute atomic E-state index is 0.509. The molecule has 1 aromatic rings. The van der Waals surface area contributed by atoms with Gasteiger partial charge in [-0.3, -0.25) is 4.21 Å². The second-order valence-corrected chi connectivity index (χ2v) is 4.37. The molecule has 1 rings (SSSR count). The van der Waals surface area contributed by atoms with Crippen LogP contribution in [0.3, 0.4) is 0 Å². The first-order valence-electron chi connectivity index (χ1n) is 4.26. The standard InChI is InChI=1S/C11H13NOS/c1-4-7-12-11-6-5-10(14(3)13)8-9(11)2/h1,5-6,8,12H,7H2,2-3H3. The lowest BCUT2D eigenvalue weighted by Gasteiger charge is -2.07. The highest BCUT2D eigenvalue weighted by atomic mass is 32.2. The molecule has 0 amide bonds. The van der Waals surface area contributed by atoms with Crippen LogP contribution in [0.1, 0.15) is 5.56 Å². The van der Waals surface area contributed by atoms with Crippen molar-refractivity contribution in [2.24, 2.45) is 0 Å². The van der Waals surface area contributed by atoms with Crippen molar-refractivity contribution in [3.8, 4) is 12.3 Å². The van der Waals surface area contributed by atoms with E-state index in [-0.39, 0.29) is 0 Å². The number of benzene rings is 1. The van der Waals surface area contributed by atoms with Gasteiger partial charge in [0.15, 0.2) is 0 Å². The van der Waals surface area contributed by atoms with Crippen LogP contribution in [-0.2, 0) is 10.8 Å². The molecular formula is C11H13NOS. The maximum Gasteiger partial charge on any atom is 0.0763 e. The molecule has 0 aliphatic heterocycles. The Bertz CT molecular complexity index is 393. The van der Waals surface area contributed by atoms with Crippen molar-refractivity contribution in [3.05, 3.63) is 23.8 Å². The van der Waals surface area contributed by atoms with Crippen molar-refractivity contribution in [1.29, 1.82) is 0 Å². The van der Waals surface area contributed by atoms with Gasteiger partial charge < -0.3 is 5.32 Å². The normalized spacial score (nSPS) is 11.8. The fourth-order valence-corrected chi connectivity index (χ4v) is 1.76. The van der Waals surface area contributed by atoms with Crippen molar-refractivity contribution in [2.45, 2.75) is 11.8 Å². The van der Waals surface area contributed by atoms with E-state index in [0.717, 1.165) is 16.1 Å². The van der Waals surface area contributed by atoms with Gasteiger partial charge in [0, 0.05) is 27.6 Å². The first-order valence-corrected chi connectivity index (χ1v) is 5.82. The van der Waals surface area contributed by atoms with Gasteiger partial charge in [0.2, 0.25) is 0 Å². The molecule has 2 nitrogen and oxygen atoms in total. The quantitative estimate of drug-likeness (QED) is 0.765. The van der Waals surface area contributed by atoms with E-state index in [9.17, 15) is 4.21 Å². The second-order valence-electron chi connectivity index (χ2n) is 2.99. The third-order valence-corrected chi connectivity index (χ3v) is 2.83. The molecule has 0 saturated heterocycles. The molecule has 1 N–H and O–H groups in total. The molecule has 74 valence electrons. The van der Waals surface area contributed by atoms with E-state index in [1.807, 2.05) is 25.1 Å². The Morgan fingerprint density at radius 2 is 2.29 bits per heavy atom. The lowest BCUT2D eigenvalue weighted by molar-refractivity contribution is 0.686. The molecule has 0 aliphatic rings. The van der Waals surface area contributed by atoms with Crippen LogP contribution in [0.5, 0.6) is 0 Å². The van der Waals surface area contributed by atoms with Crippen molar-refractivity contribution >= 4 is 16.5 Å². The first kappa shape index (κ1) is 10.8. The summed E-state index contributed by atoms with van der Waals surface area (Å²) in [5.41, 5.74) is 2.06. The molecule has 0 heterocycles. The van der Waals surface area contributed by atoms with E-state index in [1.54, 1.807) is 6.26 Å². The number of terminal acetylenes is 1. The fourth-order valence-electron chi connectivity index (χ4n) is 1.16. The summed E-state index contributed by atoms with van der Waals surface area (Å²) >= 11 is 0. The summed E-state index contributed by atoms with van der Waals surface area (Å²) in [6, 6.07) is 5.67. The molecule has 1 unspecified atom stereocenters. The molecule has 3 heteroatoms. The number of rotatable bonds is 3. The van der Waals surface area contributed by atoms with Gasteiger partial charge in [-0.25, -0.2) is 0 Å². The van der Waals surface area contributed by atoms with Crippen molar-refractivity contribution in [1.82, 2.24) is 0 Å². The summed E-state index contributed by atoms with van der Waals surface area (Å²) in [6.07, 6.45) is 6.81. The number of hydrogen-bond acceptors (Lipinski definition) is 2. The molecular weight excluding hydrogens is 194 g/mol. The Morgan fingerprint density at radius 1 is 1.57 bits per heavy atom. The molecule has 0 fully saturated rings. The van der Waals surface area contributed by atoms with Crippen LogP contribution in [-0.4, -0.2) is 17.0 Å². The van der Waals surface area contributed by atoms with E-state index in [2.05, 4.69) is 11.2 Å². The average molecular weight is 207 g/mol. The van der Waals surface area contributed by atoms with Crippen LogP contribution in [0.4, 0.5) is 5.69 Å². The van der Waals surface area contributed by atoms with E-state index >= 15 is 0 Å². The van der Waals surface area contributed by atoms with Gasteiger partial charge in [-0.05, 0) is 30.7 Å². The highest BCUT2D eigenvalue weighted by Crippen LogP contribution is 2.17. The van der Waals surface area contributed by atoms with E-state index in [4.69, 9.17) is 6.42 Å². The van der Waals surface area contributed by atoms with Gasteiger partial charge in [0.1, 0.15) is 0 Å². The van der Waals surface area contributed by atoms with Crippen LogP contribution >= 0.6 is 0 Å². The zero-order valence-electron chi connectivity index (χ0n) is 8.33. The lowest BCUT2D eigenvalue weighted by atomic mass is 10.2. The molecule has 0 aliphatic carbocycles. The van der Waals surface area contributed by atoms with Crippen molar-refractivity contribution in [3.63, 3.8) is 0 Å². The largest absolute Gasteiger partial charge is 0.374 e. The highest BCUT2D eigenvalue weighted by Gasteiger charge is 2.01. The average Bonchev–Trinajstić information content (AvgIpc) is 2.15. The summed E-state index contributed by atoms with van der Waals surface area (Å²) in [4.78, 5) is 0.841. The molecule has 0 aromatic heterocycles. The zero-order valence-corrected chi connectivity index (χ0v) is 9.15. The molecule has 1 atom stereocenters. The monoisotopic (exact) mass is 207 g/mol. The van der Waals surface area contributed by atoms with Gasteiger partial charge in [0.05, 0.1) is 6.54 Å². The summed E-state index contributed by atoms with van der Waals surface area (Å²) in [7, 11) is -0.921. The smallest absolute Gasteiger partial charge is 0.0763 e. The van der Waals surface area contributed by atoms with Crippen LogP contribution in [0.15, 0.2) is 23.1 Å². The van der Waals surface area contributed by atoms with Gasteiger partial charge in [0.25, 0.3) is 0 Å². The van der Waals surface area contributed by atoms with E-state index in [0.29, 0.717) is 6.54 Å². The fraction of sp³-hybridized carbons (Fsp3) is 0.273. The minimum atomic E-state index is -0.921. The highest BCUT2D eigenvalue weighted by molar-refractivity contribution is 7.84. The Hall–Kier alpha value is -1.27. The van der Waals surface area contributed by atoms with Gasteiger partial charge >= 0.3 is 0 Å². The summed E-state index contributed by atoms with van der Waals surface area (Å²) < 4.78 is 11.2. The maximum absolute atomic E-state index is 11.2. The van der Waals surface area contributed by atoms with E-state index in [1.165, 1.54) is 0 Å². The van der Waals surface area contributed by atoms with Gasteiger partial charge in [-0.2, -0.15) is 0 Å². The van der Waals surface area contributed by atoms with Crippen LogP contribution in [0, 0.1) is 19.3 Å². The number of nitrogens with one attached hydrogen (secondary N) is 1. The Morgan fingerprint density at radius 3 is 2.79 bits per heavy atom. The maximum atomic E-state index is 11.2. The number of hydrogen-bond donors (Lipinski definition) is 1. The predicted molar refractivity (Wildman–Crippen MR) is 60.8 cm³/mol. The van der Waals surface area contributed by atoms with Crippen LogP contribution in [0.25, 0.3) is 0 Å². The third-order valence-electron chi connectivity index (χ3n) is 1.91. The summed E-state index contributed by atoms with van der Waals surface area (Å²) in [5, 5.41) is 3.09. The summed E-state index contributed by atoms with van der Waals surface area (Å²) in [6.45, 7) is 2.48. The lowest BCUT2D eigenvalue weighted by Crippen LogP contribution is -2.01. The topological polar surface area (TPSA) is 29.1 Å². The van der Waals surface area contributed by atoms with Gasteiger partial charge in [-0.15, -0.1) is 6.42 Å². The van der Waals surface area contributed by atoms with Gasteiger partial charge in [-0.1, -0.05) is 5.92 Å². The zero-order chi connectivity index (χ0) is 10.6. The van der Waals surface area contributed by atoms with Crippen LogP contribution in [0.2, 0.25) is 0 Å². The Balaban J connectivity index is 2.91. The summed E-state index contributed by atoms with van der Waals surface area (Å²) in [5.74, 6) is 2.51. The molecule has 0 spiro atoms. The van der Waals surface area contributed by atoms with Crippen molar-refractivity contribution in [2.75, 3.05) is 18.1 Å².